The number of sulfonamides is 1. The number of carbonyl (C=O) groups is 1. The lowest BCUT2D eigenvalue weighted by molar-refractivity contribution is 0.0942. The lowest BCUT2D eigenvalue weighted by Crippen LogP contribution is -2.40. The van der Waals surface area contributed by atoms with Crippen molar-refractivity contribution in [2.45, 2.75) is 0 Å². The molecule has 0 aliphatic heterocycles. The third-order valence-electron chi connectivity index (χ3n) is 2.69. The van der Waals surface area contributed by atoms with E-state index in [1.807, 2.05) is 16.3 Å². The highest BCUT2D eigenvalue weighted by Crippen LogP contribution is 2.14. The van der Waals surface area contributed by atoms with Crippen LogP contribution in [0.5, 0.6) is 5.75 Å². The summed E-state index contributed by atoms with van der Waals surface area (Å²) < 4.78 is 23.5. The van der Waals surface area contributed by atoms with Gasteiger partial charge in [0, 0.05) is 5.41 Å². The Morgan fingerprint density at radius 2 is 1.64 bits per heavy atom. The molecule has 0 radical (unpaired) electrons. The van der Waals surface area contributed by atoms with Gasteiger partial charge in [0.2, 0.25) is 0 Å². The van der Waals surface area contributed by atoms with Crippen molar-refractivity contribution in [3.63, 3.8) is 0 Å². The summed E-state index contributed by atoms with van der Waals surface area (Å²) in [7, 11) is -3.84. The number of nitrogens with one attached hydrogen (secondary N) is 2. The first-order chi connectivity index (χ1) is 10.5. The molecule has 0 aromatic heterocycles. The number of phenolic OH excluding ortho intramolecular Hbond substituents is 1. The van der Waals surface area contributed by atoms with Crippen LogP contribution in [0.15, 0.2) is 60.0 Å². The van der Waals surface area contributed by atoms with E-state index in [0.29, 0.717) is 5.56 Å². The molecule has 0 aliphatic carbocycles. The summed E-state index contributed by atoms with van der Waals surface area (Å²) in [5, 5.41) is 10.4. The van der Waals surface area contributed by atoms with E-state index >= 15 is 0 Å². The maximum atomic E-state index is 11.8. The highest BCUT2D eigenvalue weighted by molar-refractivity contribution is 7.92. The van der Waals surface area contributed by atoms with Gasteiger partial charge in [-0.1, -0.05) is 42.5 Å². The van der Waals surface area contributed by atoms with Gasteiger partial charge in [0.15, 0.2) is 0 Å². The van der Waals surface area contributed by atoms with Crippen molar-refractivity contribution < 1.29 is 18.3 Å². The van der Waals surface area contributed by atoms with Gasteiger partial charge in [-0.05, 0) is 23.8 Å². The molecule has 0 aliphatic rings. The third-order valence-corrected chi connectivity index (χ3v) is 3.58. The van der Waals surface area contributed by atoms with E-state index < -0.39 is 15.9 Å². The van der Waals surface area contributed by atoms with Gasteiger partial charge in [0.25, 0.3) is 15.9 Å². The number of aromatic hydroxyl groups is 1. The Morgan fingerprint density at radius 3 is 2.32 bits per heavy atom. The fraction of sp³-hybridized carbons (Fsp3) is 0. The van der Waals surface area contributed by atoms with Gasteiger partial charge in [-0.25, -0.2) is 8.42 Å². The van der Waals surface area contributed by atoms with Crippen LogP contribution < -0.4 is 10.3 Å². The van der Waals surface area contributed by atoms with Crippen molar-refractivity contribution in [1.29, 1.82) is 0 Å². The average Bonchev–Trinajstić information content (AvgIpc) is 2.52. The minimum absolute atomic E-state index is 0.0303. The predicted octanol–water partition coefficient (Wildman–Crippen LogP) is 1.63. The number of para-hydroxylation sites is 1. The third kappa shape index (κ3) is 4.44. The van der Waals surface area contributed by atoms with Gasteiger partial charge in [-0.3, -0.25) is 10.2 Å². The summed E-state index contributed by atoms with van der Waals surface area (Å²) >= 11 is 0. The summed E-state index contributed by atoms with van der Waals surface area (Å²) in [6.07, 6.45) is 1.40. The maximum Gasteiger partial charge on any atom is 0.269 e. The molecule has 3 N–H and O–H groups in total. The maximum absolute atomic E-state index is 11.8. The number of rotatable bonds is 5. The molecule has 0 atom stereocenters. The van der Waals surface area contributed by atoms with Gasteiger partial charge >= 0.3 is 0 Å². The molecule has 0 saturated heterocycles. The van der Waals surface area contributed by atoms with Crippen molar-refractivity contribution in [3.05, 3.63) is 71.1 Å². The minimum atomic E-state index is -3.84. The fourth-order valence-electron chi connectivity index (χ4n) is 1.62. The van der Waals surface area contributed by atoms with Crippen molar-refractivity contribution in [2.24, 2.45) is 0 Å². The highest BCUT2D eigenvalue weighted by atomic mass is 32.2. The molecular weight excluding hydrogens is 304 g/mol. The molecule has 22 heavy (non-hydrogen) atoms. The van der Waals surface area contributed by atoms with E-state index in [9.17, 15) is 18.3 Å². The van der Waals surface area contributed by atoms with Crippen LogP contribution in [0.2, 0.25) is 0 Å². The molecule has 114 valence electrons. The molecule has 0 heterocycles. The number of amides is 1. The molecule has 6 nitrogen and oxygen atoms in total. The number of hydrazine groups is 1. The van der Waals surface area contributed by atoms with Gasteiger partial charge in [0.1, 0.15) is 5.75 Å². The second kappa shape index (κ2) is 6.88. The molecule has 0 spiro atoms. The van der Waals surface area contributed by atoms with E-state index in [4.69, 9.17) is 0 Å². The van der Waals surface area contributed by atoms with Crippen LogP contribution in [0.3, 0.4) is 0 Å². The summed E-state index contributed by atoms with van der Waals surface area (Å²) in [6, 6.07) is 14.7. The van der Waals surface area contributed by atoms with Gasteiger partial charge in [-0.2, -0.15) is 0 Å². The molecule has 1 amide bonds. The fourth-order valence-corrected chi connectivity index (χ4v) is 2.26. The lowest BCUT2D eigenvalue weighted by atomic mass is 10.2. The first-order valence-corrected chi connectivity index (χ1v) is 7.86. The molecule has 0 fully saturated rings. The Bertz CT molecular complexity index is 786. The summed E-state index contributed by atoms with van der Waals surface area (Å²) in [5.74, 6) is -0.992. The number of phenols is 1. The molecule has 0 unspecified atom stereocenters. The van der Waals surface area contributed by atoms with Crippen LogP contribution >= 0.6 is 0 Å². The predicted molar refractivity (Wildman–Crippen MR) is 83.1 cm³/mol. The van der Waals surface area contributed by atoms with Crippen LogP contribution in [-0.2, 0) is 10.0 Å². The molecular formula is C15H14N2O4S. The van der Waals surface area contributed by atoms with E-state index in [-0.39, 0.29) is 11.3 Å². The molecule has 2 aromatic rings. The number of carbonyl (C=O) groups excluding carboxylic acids is 1. The summed E-state index contributed by atoms with van der Waals surface area (Å²) in [4.78, 5) is 13.7. The lowest BCUT2D eigenvalue weighted by Gasteiger charge is -2.06. The van der Waals surface area contributed by atoms with Gasteiger partial charge in [-0.15, -0.1) is 4.83 Å². The Labute approximate surface area is 128 Å². The number of benzene rings is 2. The van der Waals surface area contributed by atoms with E-state index in [0.717, 1.165) is 5.41 Å². The Morgan fingerprint density at radius 1 is 1.00 bits per heavy atom. The highest BCUT2D eigenvalue weighted by Gasteiger charge is 2.12. The molecule has 0 saturated carbocycles. The van der Waals surface area contributed by atoms with Crippen LogP contribution in [0.25, 0.3) is 6.08 Å². The van der Waals surface area contributed by atoms with Crippen LogP contribution in [0.1, 0.15) is 15.9 Å². The van der Waals surface area contributed by atoms with Crippen molar-refractivity contribution in [3.8, 4) is 5.75 Å². The van der Waals surface area contributed by atoms with Gasteiger partial charge < -0.3 is 5.11 Å². The minimum Gasteiger partial charge on any atom is -0.507 e. The second-order valence-corrected chi connectivity index (χ2v) is 5.90. The smallest absolute Gasteiger partial charge is 0.269 e. The second-order valence-electron chi connectivity index (χ2n) is 4.33. The summed E-state index contributed by atoms with van der Waals surface area (Å²) in [6.45, 7) is 0. The van der Waals surface area contributed by atoms with Crippen molar-refractivity contribution in [2.75, 3.05) is 0 Å². The van der Waals surface area contributed by atoms with Crippen LogP contribution in [0.4, 0.5) is 0 Å². The Kier molecular flexibility index (Phi) is 4.92. The zero-order valence-electron chi connectivity index (χ0n) is 11.4. The van der Waals surface area contributed by atoms with Crippen molar-refractivity contribution in [1.82, 2.24) is 10.3 Å². The first kappa shape index (κ1) is 15.7. The van der Waals surface area contributed by atoms with E-state index in [2.05, 4.69) is 0 Å². The molecule has 7 heteroatoms. The van der Waals surface area contributed by atoms with E-state index in [1.54, 1.807) is 36.4 Å². The quantitative estimate of drug-likeness (QED) is 0.730. The normalized spacial score (nSPS) is 11.5. The number of hydrogen-bond donors (Lipinski definition) is 3. The molecule has 2 rings (SSSR count). The van der Waals surface area contributed by atoms with Crippen LogP contribution in [-0.4, -0.2) is 19.4 Å². The Balaban J connectivity index is 2.00. The van der Waals surface area contributed by atoms with Crippen molar-refractivity contribution >= 4 is 22.0 Å². The topological polar surface area (TPSA) is 95.5 Å². The molecule has 0 bridgehead atoms. The number of hydrogen-bond acceptors (Lipinski definition) is 4. The summed E-state index contributed by atoms with van der Waals surface area (Å²) in [5.41, 5.74) is 2.71. The SMILES string of the molecule is O=C(NNS(=O)(=O)/C=C/c1ccccc1)c1ccccc1O. The largest absolute Gasteiger partial charge is 0.507 e. The standard InChI is InChI=1S/C15H14N2O4S/c18-14-9-5-4-8-13(14)15(19)16-17-22(20,21)11-10-12-6-2-1-3-7-12/h1-11,17-18H,(H,16,19)/b11-10+. The first-order valence-electron chi connectivity index (χ1n) is 6.31. The zero-order chi connectivity index (χ0) is 16.0. The van der Waals surface area contributed by atoms with E-state index in [1.165, 1.54) is 18.2 Å². The molecule has 2 aromatic carbocycles. The average molecular weight is 318 g/mol. The van der Waals surface area contributed by atoms with Crippen LogP contribution in [0, 0.1) is 0 Å². The zero-order valence-corrected chi connectivity index (χ0v) is 12.2. The monoisotopic (exact) mass is 318 g/mol. The Hall–Kier alpha value is -2.64. The van der Waals surface area contributed by atoms with Gasteiger partial charge in [0.05, 0.1) is 5.56 Å².